The molecule has 6 heteroatoms. The Balaban J connectivity index is 1.73. The second-order valence-corrected chi connectivity index (χ2v) is 7.52. The normalized spacial score (nSPS) is 19.4. The first kappa shape index (κ1) is 16.3. The molecule has 138 valence electrons. The number of anilines is 1. The Morgan fingerprint density at radius 1 is 1.07 bits per heavy atom. The van der Waals surface area contributed by atoms with E-state index in [-0.39, 0.29) is 5.91 Å². The summed E-state index contributed by atoms with van der Waals surface area (Å²) < 4.78 is 0. The number of rotatable bonds is 0. The Hall–Kier alpha value is -2.89. The van der Waals surface area contributed by atoms with Crippen LogP contribution >= 0.6 is 0 Å². The van der Waals surface area contributed by atoms with E-state index in [9.17, 15) is 4.79 Å². The van der Waals surface area contributed by atoms with E-state index in [1.54, 1.807) is 0 Å². The first-order valence-corrected chi connectivity index (χ1v) is 9.73. The maximum atomic E-state index is 12.4. The van der Waals surface area contributed by atoms with Gasteiger partial charge in [-0.3, -0.25) is 4.79 Å². The topological polar surface area (TPSA) is 82.7 Å². The zero-order valence-corrected chi connectivity index (χ0v) is 15.4. The molecule has 0 radical (unpaired) electrons. The Kier molecular flexibility index (Phi) is 3.85. The smallest absolute Gasteiger partial charge is 0.253 e. The summed E-state index contributed by atoms with van der Waals surface area (Å²) in [5.41, 5.74) is 6.41. The molecule has 0 saturated carbocycles. The molecule has 0 fully saturated rings. The van der Waals surface area contributed by atoms with Crippen molar-refractivity contribution in [3.8, 4) is 11.3 Å². The Morgan fingerprint density at radius 2 is 2.00 bits per heavy atom. The molecule has 5 rings (SSSR count). The van der Waals surface area contributed by atoms with Gasteiger partial charge >= 0.3 is 0 Å². The highest BCUT2D eigenvalue weighted by atomic mass is 16.1. The maximum Gasteiger partial charge on any atom is 0.253 e. The fourth-order valence-corrected chi connectivity index (χ4v) is 4.23. The zero-order valence-electron chi connectivity index (χ0n) is 15.4. The number of aromatic amines is 1. The fourth-order valence-electron chi connectivity index (χ4n) is 4.23. The van der Waals surface area contributed by atoms with E-state index in [0.29, 0.717) is 12.5 Å². The van der Waals surface area contributed by atoms with Crippen LogP contribution in [0, 0.1) is 6.92 Å². The lowest BCUT2D eigenvalue weighted by Gasteiger charge is -2.23. The van der Waals surface area contributed by atoms with Gasteiger partial charge in [-0.15, -0.1) is 0 Å². The van der Waals surface area contributed by atoms with Crippen LogP contribution in [0.25, 0.3) is 22.3 Å². The van der Waals surface area contributed by atoms with Gasteiger partial charge in [0.05, 0.1) is 16.8 Å². The van der Waals surface area contributed by atoms with Crippen LogP contribution in [0.1, 0.15) is 53.3 Å². The van der Waals surface area contributed by atoms with Crippen LogP contribution in [0.4, 0.5) is 5.82 Å². The number of carbonyl (C=O) groups is 1. The third-order valence-electron chi connectivity index (χ3n) is 5.69. The number of nitrogens with one attached hydrogen (secondary N) is 3. The zero-order chi connectivity index (χ0) is 18.4. The predicted octanol–water partition coefficient (Wildman–Crippen LogP) is 3.75. The second-order valence-electron chi connectivity index (χ2n) is 7.52. The third kappa shape index (κ3) is 2.76. The van der Waals surface area contributed by atoms with Crippen molar-refractivity contribution in [1.82, 2.24) is 20.3 Å². The van der Waals surface area contributed by atoms with Crippen molar-refractivity contribution in [2.45, 2.75) is 38.5 Å². The van der Waals surface area contributed by atoms with Crippen molar-refractivity contribution in [1.29, 1.82) is 0 Å². The van der Waals surface area contributed by atoms with Crippen LogP contribution in [0.15, 0.2) is 24.3 Å². The van der Waals surface area contributed by atoms with Crippen molar-refractivity contribution < 1.29 is 4.79 Å². The molecule has 0 spiro atoms. The Morgan fingerprint density at radius 3 is 2.93 bits per heavy atom. The molecular formula is C21H23N5O. The van der Waals surface area contributed by atoms with Crippen molar-refractivity contribution in [3.05, 3.63) is 41.2 Å². The number of H-pyrrole nitrogens is 1. The van der Waals surface area contributed by atoms with Crippen molar-refractivity contribution in [2.75, 3.05) is 18.4 Å². The highest BCUT2D eigenvalue weighted by molar-refractivity contribution is 6.00. The van der Waals surface area contributed by atoms with Gasteiger partial charge in [0.15, 0.2) is 0 Å². The minimum Gasteiger partial charge on any atom is -0.369 e. The van der Waals surface area contributed by atoms with E-state index in [1.807, 2.05) is 31.2 Å². The highest BCUT2D eigenvalue weighted by Gasteiger charge is 2.28. The van der Waals surface area contributed by atoms with Crippen LogP contribution in [0.5, 0.6) is 0 Å². The summed E-state index contributed by atoms with van der Waals surface area (Å²) >= 11 is 0. The van der Waals surface area contributed by atoms with Gasteiger partial charge in [-0.25, -0.2) is 9.97 Å². The van der Waals surface area contributed by atoms with E-state index in [4.69, 9.17) is 9.97 Å². The van der Waals surface area contributed by atoms with Crippen LogP contribution in [0.3, 0.4) is 0 Å². The summed E-state index contributed by atoms with van der Waals surface area (Å²) in [7, 11) is 0. The highest BCUT2D eigenvalue weighted by Crippen LogP contribution is 2.34. The van der Waals surface area contributed by atoms with E-state index >= 15 is 0 Å². The molecule has 27 heavy (non-hydrogen) atoms. The number of amides is 1. The van der Waals surface area contributed by atoms with E-state index in [0.717, 1.165) is 77.3 Å². The summed E-state index contributed by atoms with van der Waals surface area (Å²) in [5, 5.41) is 6.51. The first-order chi connectivity index (χ1) is 13.2. The van der Waals surface area contributed by atoms with Crippen molar-refractivity contribution >= 4 is 22.8 Å². The molecule has 6 nitrogen and oxygen atoms in total. The molecule has 3 aromatic rings. The molecule has 2 aliphatic rings. The number of nitrogens with zero attached hydrogens (tertiary/aromatic N) is 2. The van der Waals surface area contributed by atoms with Gasteiger partial charge in [-0.05, 0) is 31.9 Å². The lowest BCUT2D eigenvalue weighted by atomic mass is 9.92. The number of para-hydroxylation sites is 1. The lowest BCUT2D eigenvalue weighted by molar-refractivity contribution is 0.0939. The number of hydrogen-bond donors (Lipinski definition) is 3. The third-order valence-corrected chi connectivity index (χ3v) is 5.69. The van der Waals surface area contributed by atoms with Gasteiger partial charge in [0.25, 0.3) is 5.91 Å². The molecule has 2 aliphatic heterocycles. The Bertz CT molecular complexity index is 1040. The molecule has 1 atom stereocenters. The van der Waals surface area contributed by atoms with Crippen LogP contribution in [-0.4, -0.2) is 33.9 Å². The number of aromatic nitrogens is 3. The molecule has 3 N–H and O–H groups in total. The van der Waals surface area contributed by atoms with Gasteiger partial charge < -0.3 is 15.6 Å². The summed E-state index contributed by atoms with van der Waals surface area (Å²) in [6.45, 7) is 3.61. The minimum absolute atomic E-state index is 0.0117. The van der Waals surface area contributed by atoms with Gasteiger partial charge in [-0.1, -0.05) is 25.0 Å². The molecule has 4 heterocycles. The second kappa shape index (κ2) is 6.37. The predicted molar refractivity (Wildman–Crippen MR) is 106 cm³/mol. The minimum atomic E-state index is 0.0117. The van der Waals surface area contributed by atoms with Crippen LogP contribution < -0.4 is 10.6 Å². The lowest BCUT2D eigenvalue weighted by Crippen LogP contribution is -2.34. The molecule has 1 amide bonds. The molecule has 0 aliphatic carbocycles. The molecule has 0 unspecified atom stereocenters. The molecular weight excluding hydrogens is 338 g/mol. The molecule has 1 aromatic carbocycles. The number of carbonyl (C=O) groups excluding carboxylic acids is 1. The summed E-state index contributed by atoms with van der Waals surface area (Å²) in [5.74, 6) is 1.21. The van der Waals surface area contributed by atoms with Crippen molar-refractivity contribution in [3.63, 3.8) is 0 Å². The first-order valence-electron chi connectivity index (χ1n) is 9.73. The fraction of sp³-hybridized carbons (Fsp3) is 0.381. The van der Waals surface area contributed by atoms with E-state index in [1.165, 1.54) is 0 Å². The van der Waals surface area contributed by atoms with Crippen LogP contribution in [-0.2, 0) is 0 Å². The number of aryl methyl sites for hydroxylation is 1. The molecule has 2 aromatic heterocycles. The monoisotopic (exact) mass is 361 g/mol. The summed E-state index contributed by atoms with van der Waals surface area (Å²) in [4.78, 5) is 25.6. The molecule has 4 bridgehead atoms. The van der Waals surface area contributed by atoms with Crippen molar-refractivity contribution in [2.24, 2.45) is 0 Å². The quantitative estimate of drug-likeness (QED) is 0.569. The van der Waals surface area contributed by atoms with E-state index < -0.39 is 0 Å². The van der Waals surface area contributed by atoms with Crippen LogP contribution in [0.2, 0.25) is 0 Å². The average Bonchev–Trinajstić information content (AvgIpc) is 3.11. The van der Waals surface area contributed by atoms with Gasteiger partial charge in [0, 0.05) is 36.0 Å². The largest absolute Gasteiger partial charge is 0.369 e. The van der Waals surface area contributed by atoms with Gasteiger partial charge in [0.2, 0.25) is 0 Å². The standard InChI is InChI=1S/C21H23N5O/c1-12-20-22-9-4-2-3-6-13-11-23-21(27)15-10-17(25-18(13)15)14-7-5-8-16(24-12)19(14)26-20/h5,7-8,10,13,25H,2-4,6,9,11H2,1H3,(H,22,26)(H,23,27)/t13-/m0/s1. The average molecular weight is 361 g/mol. The van der Waals surface area contributed by atoms with Gasteiger partial charge in [-0.2, -0.15) is 0 Å². The SMILES string of the molecule is Cc1nc2cccc3c2nc1NCCCCC[C@H]1CNC(=O)c2cc-3[nH]c21. The maximum absolute atomic E-state index is 12.4. The van der Waals surface area contributed by atoms with E-state index in [2.05, 4.69) is 15.6 Å². The molecule has 0 saturated heterocycles. The number of benzene rings is 1. The van der Waals surface area contributed by atoms with Gasteiger partial charge in [0.1, 0.15) is 11.3 Å². The number of fused-ring (bicyclic) bond motifs is 3. The Labute approximate surface area is 157 Å². The summed E-state index contributed by atoms with van der Waals surface area (Å²) in [6.07, 6.45) is 4.49. The summed E-state index contributed by atoms with van der Waals surface area (Å²) in [6, 6.07) is 8.01. The number of hydrogen-bond acceptors (Lipinski definition) is 4.